The zero-order chi connectivity index (χ0) is 14.1. The number of nitrogens with two attached hydrogens (primary N) is 1. The fraction of sp³-hybridized carbons (Fsp3) is 0.562. The summed E-state index contributed by atoms with van der Waals surface area (Å²) in [5.74, 6) is 2.59. The van der Waals surface area contributed by atoms with E-state index in [1.54, 1.807) is 13.2 Å². The molecule has 2 aliphatic rings. The third-order valence-electron chi connectivity index (χ3n) is 4.83. The summed E-state index contributed by atoms with van der Waals surface area (Å²) in [4.78, 5) is 12.3. The fourth-order valence-corrected chi connectivity index (χ4v) is 3.82. The molecule has 0 aromatic heterocycles. The molecule has 1 aromatic carbocycles. The van der Waals surface area contributed by atoms with Gasteiger partial charge >= 0.3 is 0 Å². The number of methoxy groups -OCH3 is 1. The van der Waals surface area contributed by atoms with Crippen molar-refractivity contribution in [2.45, 2.75) is 32.2 Å². The first-order chi connectivity index (χ1) is 9.67. The SMILES string of the molecule is COc1ccc(N)cc1CNC(=O)C1CC2CCC1C2. The lowest BCUT2D eigenvalue weighted by atomic mass is 9.88. The van der Waals surface area contributed by atoms with E-state index < -0.39 is 0 Å². The molecule has 3 N–H and O–H groups in total. The van der Waals surface area contributed by atoms with Gasteiger partial charge in [0.1, 0.15) is 5.75 Å². The Kier molecular flexibility index (Phi) is 3.55. The lowest BCUT2D eigenvalue weighted by Crippen LogP contribution is -2.33. The lowest BCUT2D eigenvalue weighted by Gasteiger charge is -2.21. The number of amides is 1. The van der Waals surface area contributed by atoms with Gasteiger partial charge in [0, 0.05) is 23.7 Å². The van der Waals surface area contributed by atoms with E-state index in [1.807, 2.05) is 12.1 Å². The van der Waals surface area contributed by atoms with Gasteiger partial charge in [-0.2, -0.15) is 0 Å². The molecule has 4 nitrogen and oxygen atoms in total. The summed E-state index contributed by atoms with van der Waals surface area (Å²) in [6, 6.07) is 5.51. The predicted octanol–water partition coefficient (Wildman–Crippen LogP) is 2.33. The van der Waals surface area contributed by atoms with Crippen LogP contribution in [0.1, 0.15) is 31.2 Å². The summed E-state index contributed by atoms with van der Waals surface area (Å²) >= 11 is 0. The van der Waals surface area contributed by atoms with Gasteiger partial charge in [-0.1, -0.05) is 6.42 Å². The maximum atomic E-state index is 12.3. The highest BCUT2D eigenvalue weighted by Gasteiger charge is 2.42. The largest absolute Gasteiger partial charge is 0.496 e. The van der Waals surface area contributed by atoms with Gasteiger partial charge in [-0.15, -0.1) is 0 Å². The van der Waals surface area contributed by atoms with E-state index in [9.17, 15) is 4.79 Å². The van der Waals surface area contributed by atoms with Gasteiger partial charge in [0.15, 0.2) is 0 Å². The minimum absolute atomic E-state index is 0.196. The molecule has 0 spiro atoms. The number of fused-ring (bicyclic) bond motifs is 2. The van der Waals surface area contributed by atoms with Crippen molar-refractivity contribution in [1.82, 2.24) is 5.32 Å². The number of benzene rings is 1. The number of hydrogen-bond acceptors (Lipinski definition) is 3. The van der Waals surface area contributed by atoms with Crippen molar-refractivity contribution in [3.8, 4) is 5.75 Å². The van der Waals surface area contributed by atoms with E-state index in [2.05, 4.69) is 5.32 Å². The first kappa shape index (κ1) is 13.3. The maximum Gasteiger partial charge on any atom is 0.223 e. The predicted molar refractivity (Wildman–Crippen MR) is 78.2 cm³/mol. The monoisotopic (exact) mass is 274 g/mol. The highest BCUT2D eigenvalue weighted by atomic mass is 16.5. The molecule has 20 heavy (non-hydrogen) atoms. The maximum absolute atomic E-state index is 12.3. The van der Waals surface area contributed by atoms with Crippen molar-refractivity contribution < 1.29 is 9.53 Å². The van der Waals surface area contributed by atoms with Crippen LogP contribution in [0.4, 0.5) is 5.69 Å². The number of rotatable bonds is 4. The van der Waals surface area contributed by atoms with Crippen molar-refractivity contribution in [2.75, 3.05) is 12.8 Å². The number of nitrogens with one attached hydrogen (secondary N) is 1. The first-order valence-electron chi connectivity index (χ1n) is 7.37. The molecule has 2 bridgehead atoms. The van der Waals surface area contributed by atoms with Crippen LogP contribution in [0.5, 0.6) is 5.75 Å². The van der Waals surface area contributed by atoms with Crippen LogP contribution >= 0.6 is 0 Å². The van der Waals surface area contributed by atoms with Crippen LogP contribution in [-0.4, -0.2) is 13.0 Å². The minimum atomic E-state index is 0.196. The summed E-state index contributed by atoms with van der Waals surface area (Å²) in [6.45, 7) is 0.487. The molecule has 2 aliphatic carbocycles. The number of carbonyl (C=O) groups excluding carboxylic acids is 1. The van der Waals surface area contributed by atoms with Crippen LogP contribution in [0.2, 0.25) is 0 Å². The van der Waals surface area contributed by atoms with Crippen molar-refractivity contribution in [3.05, 3.63) is 23.8 Å². The van der Waals surface area contributed by atoms with Gasteiger partial charge < -0.3 is 15.8 Å². The Morgan fingerprint density at radius 1 is 1.40 bits per heavy atom. The van der Waals surface area contributed by atoms with Crippen molar-refractivity contribution in [2.24, 2.45) is 17.8 Å². The Morgan fingerprint density at radius 2 is 2.25 bits per heavy atom. The highest BCUT2D eigenvalue weighted by Crippen LogP contribution is 2.48. The average Bonchev–Trinajstić information content (AvgIpc) is 3.07. The molecule has 0 aliphatic heterocycles. The molecule has 2 fully saturated rings. The Balaban J connectivity index is 1.62. The Hall–Kier alpha value is -1.71. The highest BCUT2D eigenvalue weighted by molar-refractivity contribution is 5.79. The van der Waals surface area contributed by atoms with E-state index in [1.165, 1.54) is 19.3 Å². The normalized spacial score (nSPS) is 27.6. The molecule has 0 radical (unpaired) electrons. The van der Waals surface area contributed by atoms with Gasteiger partial charge in [-0.05, 0) is 49.3 Å². The molecular weight excluding hydrogens is 252 g/mol. The second-order valence-corrected chi connectivity index (χ2v) is 6.07. The second kappa shape index (κ2) is 5.35. The molecule has 3 atom stereocenters. The molecular formula is C16H22N2O2. The number of anilines is 1. The van der Waals surface area contributed by atoms with Crippen molar-refractivity contribution >= 4 is 11.6 Å². The van der Waals surface area contributed by atoms with Gasteiger partial charge in [0.25, 0.3) is 0 Å². The summed E-state index contributed by atoms with van der Waals surface area (Å²) < 4.78 is 5.30. The molecule has 3 unspecified atom stereocenters. The Labute approximate surface area is 119 Å². The molecule has 3 rings (SSSR count). The zero-order valence-electron chi connectivity index (χ0n) is 11.9. The molecule has 1 amide bonds. The summed E-state index contributed by atoms with van der Waals surface area (Å²) in [5.41, 5.74) is 7.42. The van der Waals surface area contributed by atoms with Crippen LogP contribution in [-0.2, 0) is 11.3 Å². The van der Waals surface area contributed by atoms with E-state index in [0.717, 1.165) is 23.7 Å². The first-order valence-corrected chi connectivity index (χ1v) is 7.37. The lowest BCUT2D eigenvalue weighted by molar-refractivity contribution is -0.126. The topological polar surface area (TPSA) is 64.3 Å². The third-order valence-corrected chi connectivity index (χ3v) is 4.83. The molecule has 0 heterocycles. The number of carbonyl (C=O) groups is 1. The van der Waals surface area contributed by atoms with Crippen molar-refractivity contribution in [1.29, 1.82) is 0 Å². The van der Waals surface area contributed by atoms with Gasteiger partial charge in [0.05, 0.1) is 7.11 Å². The molecule has 0 saturated heterocycles. The second-order valence-electron chi connectivity index (χ2n) is 6.07. The quantitative estimate of drug-likeness (QED) is 0.828. The van der Waals surface area contributed by atoms with Crippen LogP contribution in [0.15, 0.2) is 18.2 Å². The Bertz CT molecular complexity index is 515. The van der Waals surface area contributed by atoms with Gasteiger partial charge in [-0.25, -0.2) is 0 Å². The molecule has 4 heteroatoms. The number of ether oxygens (including phenoxy) is 1. The van der Waals surface area contributed by atoms with E-state index in [0.29, 0.717) is 18.2 Å². The van der Waals surface area contributed by atoms with Crippen molar-refractivity contribution in [3.63, 3.8) is 0 Å². The summed E-state index contributed by atoms with van der Waals surface area (Å²) in [6.07, 6.45) is 4.87. The molecule has 1 aromatic rings. The number of nitrogen functional groups attached to an aromatic ring is 1. The van der Waals surface area contributed by atoms with E-state index >= 15 is 0 Å². The smallest absolute Gasteiger partial charge is 0.223 e. The Morgan fingerprint density at radius 3 is 2.90 bits per heavy atom. The molecule has 2 saturated carbocycles. The van der Waals surface area contributed by atoms with Crippen LogP contribution < -0.4 is 15.8 Å². The number of hydrogen-bond donors (Lipinski definition) is 2. The minimum Gasteiger partial charge on any atom is -0.496 e. The van der Waals surface area contributed by atoms with Gasteiger partial charge in [-0.3, -0.25) is 4.79 Å². The third kappa shape index (κ3) is 2.47. The van der Waals surface area contributed by atoms with Gasteiger partial charge in [0.2, 0.25) is 5.91 Å². The molecule has 108 valence electrons. The average molecular weight is 274 g/mol. The van der Waals surface area contributed by atoms with E-state index in [-0.39, 0.29) is 11.8 Å². The summed E-state index contributed by atoms with van der Waals surface area (Å²) in [7, 11) is 1.63. The standard InChI is InChI=1S/C16H22N2O2/c1-20-15-5-4-13(17)8-12(15)9-18-16(19)14-7-10-2-3-11(14)6-10/h4-5,8,10-11,14H,2-3,6-7,9,17H2,1H3,(H,18,19). The van der Waals surface area contributed by atoms with Crippen LogP contribution in [0.3, 0.4) is 0 Å². The summed E-state index contributed by atoms with van der Waals surface area (Å²) in [5, 5.41) is 3.05. The fourth-order valence-electron chi connectivity index (χ4n) is 3.82. The van der Waals surface area contributed by atoms with Crippen LogP contribution in [0.25, 0.3) is 0 Å². The zero-order valence-corrected chi connectivity index (χ0v) is 11.9. The van der Waals surface area contributed by atoms with Crippen LogP contribution in [0, 0.1) is 17.8 Å². The van der Waals surface area contributed by atoms with E-state index in [4.69, 9.17) is 10.5 Å².